The van der Waals surface area contributed by atoms with Crippen LogP contribution in [0.2, 0.25) is 0 Å². The summed E-state index contributed by atoms with van der Waals surface area (Å²) in [5.74, 6) is 0. The van der Waals surface area contributed by atoms with E-state index in [-0.39, 0.29) is 4.48 Å². The van der Waals surface area contributed by atoms with Gasteiger partial charge in [0.15, 0.2) is 0 Å². The molecule has 0 saturated carbocycles. The van der Waals surface area contributed by atoms with Gasteiger partial charge in [0.25, 0.3) is 6.08 Å². The Kier molecular flexibility index (Phi) is 5.68. The Morgan fingerprint density at radius 2 is 1.73 bits per heavy atom. The van der Waals surface area contributed by atoms with E-state index in [0.717, 1.165) is 13.1 Å². The first-order valence-corrected chi connectivity index (χ1v) is 4.33. The van der Waals surface area contributed by atoms with E-state index in [1.807, 2.05) is 18.7 Å². The molecule has 0 rings (SSSR count). The van der Waals surface area contributed by atoms with Crippen LogP contribution in [-0.2, 0) is 0 Å². The molecular weight excluding hydrogens is 216 g/mol. The van der Waals surface area contributed by atoms with Crippen molar-refractivity contribution in [3.63, 3.8) is 0 Å². The van der Waals surface area contributed by atoms with Crippen molar-refractivity contribution in [1.29, 1.82) is 0 Å². The summed E-state index contributed by atoms with van der Waals surface area (Å²) in [7, 11) is 0. The molecule has 0 bridgehead atoms. The molecule has 0 aromatic rings. The van der Waals surface area contributed by atoms with Crippen molar-refractivity contribution in [2.45, 2.75) is 13.8 Å². The zero-order chi connectivity index (χ0) is 8.85. The molecule has 0 saturated heterocycles. The van der Waals surface area contributed by atoms with Gasteiger partial charge in [-0.1, -0.05) is 13.8 Å². The van der Waals surface area contributed by atoms with E-state index in [4.69, 9.17) is 0 Å². The van der Waals surface area contributed by atoms with Gasteiger partial charge in [0.1, 0.15) is 0 Å². The summed E-state index contributed by atoms with van der Waals surface area (Å²) in [6.07, 6.45) is -1.63. The van der Waals surface area contributed by atoms with Gasteiger partial charge >= 0.3 is 0 Å². The molecule has 0 unspecified atom stereocenters. The highest BCUT2D eigenvalue weighted by atomic mass is 79.9. The fourth-order valence-electron chi connectivity index (χ4n) is 0.703. The second-order valence-corrected chi connectivity index (χ2v) is 3.08. The minimum atomic E-state index is -1.63. The van der Waals surface area contributed by atoms with Crippen LogP contribution in [-0.4, -0.2) is 24.5 Å². The third kappa shape index (κ3) is 4.48. The van der Waals surface area contributed by atoms with E-state index in [2.05, 4.69) is 15.9 Å². The summed E-state index contributed by atoms with van der Waals surface area (Å²) in [6, 6.07) is 0. The Hall–Kier alpha value is 0.0400. The summed E-state index contributed by atoms with van der Waals surface area (Å²) in [5.41, 5.74) is 0. The van der Waals surface area contributed by atoms with Crippen LogP contribution in [0.15, 0.2) is 10.6 Å². The lowest BCUT2D eigenvalue weighted by Gasteiger charge is -2.16. The van der Waals surface area contributed by atoms with E-state index in [9.17, 15) is 8.78 Å². The largest absolute Gasteiger partial charge is 0.299 e. The molecule has 0 N–H and O–H groups in total. The maximum Gasteiger partial charge on any atom is 0.281 e. The molecule has 0 aliphatic carbocycles. The van der Waals surface area contributed by atoms with Gasteiger partial charge in [-0.05, 0) is 29.0 Å². The van der Waals surface area contributed by atoms with E-state index >= 15 is 0 Å². The lowest BCUT2D eigenvalue weighted by molar-refractivity contribution is 0.324. The molecule has 0 aromatic heterocycles. The smallest absolute Gasteiger partial charge is 0.281 e. The summed E-state index contributed by atoms with van der Waals surface area (Å²) < 4.78 is 23.7. The SMILES string of the molecule is CCN(CC)CC(Br)=C(F)F. The molecule has 11 heavy (non-hydrogen) atoms. The number of hydrogen-bond donors (Lipinski definition) is 0. The quantitative estimate of drug-likeness (QED) is 0.715. The van der Waals surface area contributed by atoms with Crippen LogP contribution < -0.4 is 0 Å². The Balaban J connectivity index is 3.91. The minimum Gasteiger partial charge on any atom is -0.299 e. The minimum absolute atomic E-state index is 0.0128. The molecule has 1 nitrogen and oxygen atoms in total. The van der Waals surface area contributed by atoms with Gasteiger partial charge < -0.3 is 0 Å². The van der Waals surface area contributed by atoms with Crippen molar-refractivity contribution >= 4 is 15.9 Å². The summed E-state index contributed by atoms with van der Waals surface area (Å²) >= 11 is 2.81. The topological polar surface area (TPSA) is 3.24 Å². The van der Waals surface area contributed by atoms with E-state index < -0.39 is 6.08 Å². The van der Waals surface area contributed by atoms with Gasteiger partial charge in [0, 0.05) is 6.54 Å². The predicted octanol–water partition coefficient (Wildman–Crippen LogP) is 2.83. The zero-order valence-corrected chi connectivity index (χ0v) is 8.29. The predicted molar refractivity (Wildman–Crippen MR) is 46.0 cm³/mol. The van der Waals surface area contributed by atoms with Gasteiger partial charge in [-0.2, -0.15) is 8.78 Å². The van der Waals surface area contributed by atoms with Crippen LogP contribution in [0, 0.1) is 0 Å². The van der Waals surface area contributed by atoms with Crippen molar-refractivity contribution < 1.29 is 8.78 Å². The second kappa shape index (κ2) is 5.66. The second-order valence-electron chi connectivity index (χ2n) is 2.13. The molecule has 0 fully saturated rings. The van der Waals surface area contributed by atoms with Gasteiger partial charge in [-0.15, -0.1) is 0 Å². The zero-order valence-electron chi connectivity index (χ0n) is 6.70. The fourth-order valence-corrected chi connectivity index (χ4v) is 1.06. The number of rotatable bonds is 4. The van der Waals surface area contributed by atoms with Crippen molar-refractivity contribution in [2.75, 3.05) is 19.6 Å². The molecule has 0 amide bonds. The molecule has 0 aromatic carbocycles. The summed E-state index contributed by atoms with van der Waals surface area (Å²) in [4.78, 5) is 1.91. The van der Waals surface area contributed by atoms with Crippen LogP contribution in [0.25, 0.3) is 0 Å². The van der Waals surface area contributed by atoms with Gasteiger partial charge in [0.2, 0.25) is 0 Å². The molecule has 66 valence electrons. The average Bonchev–Trinajstić information content (AvgIpc) is 1.99. The fraction of sp³-hybridized carbons (Fsp3) is 0.714. The van der Waals surface area contributed by atoms with Crippen molar-refractivity contribution in [3.05, 3.63) is 10.6 Å². The van der Waals surface area contributed by atoms with E-state index in [1.165, 1.54) is 0 Å². The number of halogens is 3. The molecular formula is C7H12BrF2N. The lowest BCUT2D eigenvalue weighted by Crippen LogP contribution is -2.24. The Morgan fingerprint density at radius 3 is 2.00 bits per heavy atom. The highest BCUT2D eigenvalue weighted by Gasteiger charge is 2.05. The maximum absolute atomic E-state index is 11.9. The molecule has 0 aliphatic heterocycles. The average molecular weight is 228 g/mol. The molecule has 4 heteroatoms. The van der Waals surface area contributed by atoms with Crippen LogP contribution in [0.1, 0.15) is 13.8 Å². The van der Waals surface area contributed by atoms with Crippen molar-refractivity contribution in [1.82, 2.24) is 4.90 Å². The third-order valence-corrected chi connectivity index (χ3v) is 2.01. The van der Waals surface area contributed by atoms with Gasteiger partial charge in [-0.3, -0.25) is 4.90 Å². The van der Waals surface area contributed by atoms with E-state index in [0.29, 0.717) is 6.54 Å². The number of nitrogens with zero attached hydrogens (tertiary/aromatic N) is 1. The van der Waals surface area contributed by atoms with Crippen LogP contribution in [0.5, 0.6) is 0 Å². The van der Waals surface area contributed by atoms with Crippen LogP contribution >= 0.6 is 15.9 Å². The highest BCUT2D eigenvalue weighted by Crippen LogP contribution is 2.15. The van der Waals surface area contributed by atoms with E-state index in [1.54, 1.807) is 0 Å². The summed E-state index contributed by atoms with van der Waals surface area (Å²) in [5, 5.41) is 0. The lowest BCUT2D eigenvalue weighted by atomic mass is 10.4. The molecule has 0 atom stereocenters. The monoisotopic (exact) mass is 227 g/mol. The molecule has 0 spiro atoms. The number of likely N-dealkylation sites (N-methyl/N-ethyl adjacent to an activating group) is 1. The summed E-state index contributed by atoms with van der Waals surface area (Å²) in [6.45, 7) is 5.77. The molecule has 0 radical (unpaired) electrons. The molecule has 0 aliphatic rings. The van der Waals surface area contributed by atoms with Gasteiger partial charge in [-0.25, -0.2) is 0 Å². The highest BCUT2D eigenvalue weighted by molar-refractivity contribution is 9.11. The number of hydrogen-bond acceptors (Lipinski definition) is 1. The Bertz CT molecular complexity index is 139. The van der Waals surface area contributed by atoms with Crippen LogP contribution in [0.3, 0.4) is 0 Å². The maximum atomic E-state index is 11.9. The third-order valence-electron chi connectivity index (χ3n) is 1.46. The Labute approximate surface area is 74.2 Å². The Morgan fingerprint density at radius 1 is 1.27 bits per heavy atom. The molecule has 0 heterocycles. The first-order chi connectivity index (χ1) is 5.11. The van der Waals surface area contributed by atoms with Crippen molar-refractivity contribution in [2.24, 2.45) is 0 Å². The normalized spacial score (nSPS) is 10.4. The van der Waals surface area contributed by atoms with Crippen LogP contribution in [0.4, 0.5) is 8.78 Å². The van der Waals surface area contributed by atoms with Crippen molar-refractivity contribution in [3.8, 4) is 0 Å². The first-order valence-electron chi connectivity index (χ1n) is 3.53. The first kappa shape index (κ1) is 11.0. The van der Waals surface area contributed by atoms with Gasteiger partial charge in [0.05, 0.1) is 4.48 Å². The standard InChI is InChI=1S/C7H12BrF2N/c1-3-11(4-2)5-6(8)7(9)10/h3-5H2,1-2H3.